The zero-order valence-electron chi connectivity index (χ0n) is 10.2. The van der Waals surface area contributed by atoms with E-state index in [9.17, 15) is 0 Å². The third kappa shape index (κ3) is 2.92. The minimum Gasteiger partial charge on any atom is -0.381 e. The summed E-state index contributed by atoms with van der Waals surface area (Å²) in [5.74, 6) is 3.17. The van der Waals surface area contributed by atoms with E-state index >= 15 is 0 Å². The van der Waals surface area contributed by atoms with Crippen LogP contribution in [0.2, 0.25) is 0 Å². The minimum atomic E-state index is 0.538. The van der Waals surface area contributed by atoms with Gasteiger partial charge >= 0.3 is 0 Å². The van der Waals surface area contributed by atoms with E-state index in [4.69, 9.17) is 10.5 Å². The molecule has 2 aliphatic heterocycles. The summed E-state index contributed by atoms with van der Waals surface area (Å²) in [4.78, 5) is 2.62. The van der Waals surface area contributed by atoms with Crippen LogP contribution in [-0.2, 0) is 4.74 Å². The van der Waals surface area contributed by atoms with E-state index in [2.05, 4.69) is 23.6 Å². The summed E-state index contributed by atoms with van der Waals surface area (Å²) in [6, 6.07) is 1.21. The fourth-order valence-corrected chi connectivity index (χ4v) is 3.94. The van der Waals surface area contributed by atoms with Gasteiger partial charge in [0.2, 0.25) is 0 Å². The number of nitrogens with two attached hydrogens (primary N) is 1. The van der Waals surface area contributed by atoms with E-state index in [1.165, 1.54) is 30.9 Å². The van der Waals surface area contributed by atoms with E-state index in [0.717, 1.165) is 19.8 Å². The predicted molar refractivity (Wildman–Crippen MR) is 69.9 cm³/mol. The molecule has 0 aromatic heterocycles. The van der Waals surface area contributed by atoms with Gasteiger partial charge in [0.1, 0.15) is 0 Å². The van der Waals surface area contributed by atoms with Gasteiger partial charge in [0.25, 0.3) is 0 Å². The molecule has 94 valence electrons. The molecule has 2 heterocycles. The molecule has 3 nitrogen and oxygen atoms in total. The smallest absolute Gasteiger partial charge is 0.0509 e. The molecule has 0 bridgehead atoms. The zero-order valence-corrected chi connectivity index (χ0v) is 11.0. The van der Waals surface area contributed by atoms with Gasteiger partial charge in [0.05, 0.1) is 6.61 Å². The number of hydrogen-bond donors (Lipinski definition) is 1. The number of rotatable bonds is 3. The summed E-state index contributed by atoms with van der Waals surface area (Å²) in [5.41, 5.74) is 5.99. The Morgan fingerprint density at radius 3 is 3.06 bits per heavy atom. The fraction of sp³-hybridized carbons (Fsp3) is 1.00. The Labute approximate surface area is 103 Å². The van der Waals surface area contributed by atoms with Crippen molar-refractivity contribution in [2.75, 3.05) is 37.8 Å². The van der Waals surface area contributed by atoms with Crippen LogP contribution in [0.15, 0.2) is 0 Å². The van der Waals surface area contributed by atoms with E-state index in [1.807, 2.05) is 0 Å². The minimum absolute atomic E-state index is 0.538. The lowest BCUT2D eigenvalue weighted by Gasteiger charge is -2.43. The van der Waals surface area contributed by atoms with Crippen LogP contribution in [0.1, 0.15) is 19.8 Å². The topological polar surface area (TPSA) is 38.5 Å². The van der Waals surface area contributed by atoms with Crippen molar-refractivity contribution in [1.82, 2.24) is 4.90 Å². The largest absolute Gasteiger partial charge is 0.381 e. The highest BCUT2D eigenvalue weighted by molar-refractivity contribution is 7.99. The average molecular weight is 244 g/mol. The first-order valence-electron chi connectivity index (χ1n) is 6.44. The van der Waals surface area contributed by atoms with Crippen LogP contribution in [0.3, 0.4) is 0 Å². The summed E-state index contributed by atoms with van der Waals surface area (Å²) in [5, 5.41) is 0. The van der Waals surface area contributed by atoms with Crippen LogP contribution in [0.4, 0.5) is 0 Å². The number of ether oxygens (including phenoxy) is 1. The molecule has 3 atom stereocenters. The Hall–Kier alpha value is 0.230. The molecule has 2 saturated heterocycles. The Morgan fingerprint density at radius 1 is 1.56 bits per heavy atom. The molecule has 0 radical (unpaired) electrons. The van der Waals surface area contributed by atoms with Crippen molar-refractivity contribution >= 4 is 11.8 Å². The van der Waals surface area contributed by atoms with Crippen molar-refractivity contribution < 1.29 is 4.74 Å². The summed E-state index contributed by atoms with van der Waals surface area (Å²) >= 11 is 2.07. The Kier molecular flexibility index (Phi) is 4.95. The van der Waals surface area contributed by atoms with E-state index < -0.39 is 0 Å². The van der Waals surface area contributed by atoms with Crippen molar-refractivity contribution in [3.05, 3.63) is 0 Å². The molecule has 2 fully saturated rings. The molecule has 2 N–H and O–H groups in total. The highest BCUT2D eigenvalue weighted by atomic mass is 32.2. The van der Waals surface area contributed by atoms with Gasteiger partial charge in [0, 0.05) is 43.3 Å². The molecule has 0 amide bonds. The number of thioether (sulfide) groups is 1. The van der Waals surface area contributed by atoms with Crippen LogP contribution in [0, 0.1) is 5.92 Å². The molecule has 0 spiro atoms. The highest BCUT2D eigenvalue weighted by Crippen LogP contribution is 2.26. The lowest BCUT2D eigenvalue weighted by atomic mass is 9.91. The maximum absolute atomic E-state index is 5.99. The lowest BCUT2D eigenvalue weighted by Crippen LogP contribution is -2.54. The van der Waals surface area contributed by atoms with Crippen LogP contribution in [-0.4, -0.2) is 54.8 Å². The standard InChI is InChI=1S/C12H24N2OS/c1-10-9-16-6-4-14(10)12(7-13)11-3-2-5-15-8-11/h10-12H,2-9,13H2,1H3. The first-order valence-corrected chi connectivity index (χ1v) is 7.59. The van der Waals surface area contributed by atoms with Gasteiger partial charge in [-0.2, -0.15) is 11.8 Å². The maximum Gasteiger partial charge on any atom is 0.0509 e. The maximum atomic E-state index is 5.99. The van der Waals surface area contributed by atoms with E-state index in [1.54, 1.807) is 0 Å². The molecule has 2 aliphatic rings. The zero-order chi connectivity index (χ0) is 11.4. The van der Waals surface area contributed by atoms with Gasteiger partial charge in [-0.1, -0.05) is 0 Å². The predicted octanol–water partition coefficient (Wildman–Crippen LogP) is 1.18. The second-order valence-electron chi connectivity index (χ2n) is 4.94. The quantitative estimate of drug-likeness (QED) is 0.809. The average Bonchev–Trinajstić information content (AvgIpc) is 2.34. The van der Waals surface area contributed by atoms with Crippen molar-refractivity contribution in [2.45, 2.75) is 31.8 Å². The fourth-order valence-electron chi connectivity index (χ4n) is 2.90. The molecule has 2 rings (SSSR count). The van der Waals surface area contributed by atoms with Crippen LogP contribution < -0.4 is 5.73 Å². The molecule has 0 saturated carbocycles. The Balaban J connectivity index is 1.96. The van der Waals surface area contributed by atoms with Crippen molar-refractivity contribution in [1.29, 1.82) is 0 Å². The molecule has 0 aromatic rings. The molecule has 3 unspecified atom stereocenters. The molecule has 4 heteroatoms. The van der Waals surface area contributed by atoms with Gasteiger partial charge < -0.3 is 10.5 Å². The van der Waals surface area contributed by atoms with Crippen molar-refractivity contribution in [2.24, 2.45) is 11.7 Å². The summed E-state index contributed by atoms with van der Waals surface area (Å²) < 4.78 is 5.60. The Bertz CT molecular complexity index is 209. The van der Waals surface area contributed by atoms with Gasteiger partial charge in [-0.05, 0) is 25.7 Å². The van der Waals surface area contributed by atoms with Crippen molar-refractivity contribution in [3.63, 3.8) is 0 Å². The third-order valence-electron chi connectivity index (χ3n) is 3.83. The normalized spacial score (nSPS) is 34.9. The lowest BCUT2D eigenvalue weighted by molar-refractivity contribution is 0.00443. The second kappa shape index (κ2) is 6.24. The van der Waals surface area contributed by atoms with Gasteiger partial charge in [0.15, 0.2) is 0 Å². The number of hydrogen-bond acceptors (Lipinski definition) is 4. The highest BCUT2D eigenvalue weighted by Gasteiger charge is 2.32. The summed E-state index contributed by atoms with van der Waals surface area (Å²) in [6.45, 7) is 6.17. The first kappa shape index (κ1) is 12.7. The van der Waals surface area contributed by atoms with Crippen molar-refractivity contribution in [3.8, 4) is 0 Å². The third-order valence-corrected chi connectivity index (χ3v) is 5.02. The molecular weight excluding hydrogens is 220 g/mol. The summed E-state index contributed by atoms with van der Waals surface area (Å²) in [6.07, 6.45) is 2.50. The van der Waals surface area contributed by atoms with Crippen LogP contribution in [0.5, 0.6) is 0 Å². The monoisotopic (exact) mass is 244 g/mol. The molecule has 16 heavy (non-hydrogen) atoms. The second-order valence-corrected chi connectivity index (χ2v) is 6.09. The molecule has 0 aromatic carbocycles. The number of nitrogens with zero attached hydrogens (tertiary/aromatic N) is 1. The van der Waals surface area contributed by atoms with E-state index in [-0.39, 0.29) is 0 Å². The van der Waals surface area contributed by atoms with Gasteiger partial charge in [-0.3, -0.25) is 4.90 Å². The Morgan fingerprint density at radius 2 is 2.44 bits per heavy atom. The molecular formula is C12H24N2OS. The van der Waals surface area contributed by atoms with Gasteiger partial charge in [-0.25, -0.2) is 0 Å². The van der Waals surface area contributed by atoms with Gasteiger partial charge in [-0.15, -0.1) is 0 Å². The van der Waals surface area contributed by atoms with Crippen LogP contribution in [0.25, 0.3) is 0 Å². The SMILES string of the molecule is CC1CSCCN1C(CN)C1CCCOC1. The molecule has 0 aliphatic carbocycles. The van der Waals surface area contributed by atoms with Crippen LogP contribution >= 0.6 is 11.8 Å². The first-order chi connectivity index (χ1) is 7.83. The van der Waals surface area contributed by atoms with E-state index in [0.29, 0.717) is 18.0 Å². The summed E-state index contributed by atoms with van der Waals surface area (Å²) in [7, 11) is 0.